The minimum atomic E-state index is 0.337. The van der Waals surface area contributed by atoms with Crippen LogP contribution in [-0.2, 0) is 0 Å². The first-order valence-corrected chi connectivity index (χ1v) is 2.73. The third-order valence-electron chi connectivity index (χ3n) is 0.768. The highest BCUT2D eigenvalue weighted by molar-refractivity contribution is 9.10. The van der Waals surface area contributed by atoms with Crippen LogP contribution in [0.2, 0.25) is 0 Å². The van der Waals surface area contributed by atoms with E-state index in [-0.39, 0.29) is 0 Å². The lowest BCUT2D eigenvalue weighted by atomic mass is 10.6. The molecule has 1 heterocycles. The molecule has 8 heavy (non-hydrogen) atoms. The van der Waals surface area contributed by atoms with E-state index in [4.69, 9.17) is 0 Å². The van der Waals surface area contributed by atoms with Crippen molar-refractivity contribution in [2.75, 3.05) is 0 Å². The molecule has 1 aromatic heterocycles. The van der Waals surface area contributed by atoms with Crippen LogP contribution in [-0.4, -0.2) is 5.16 Å². The smallest absolute Gasteiger partial charge is 0.285 e. The molecule has 0 spiro atoms. The van der Waals surface area contributed by atoms with Gasteiger partial charge in [-0.15, -0.1) is 0 Å². The Bertz CT molecular complexity index is 178. The van der Waals surface area contributed by atoms with Crippen molar-refractivity contribution < 1.29 is 9.53 Å². The maximum absolute atomic E-state index is 10.3. The summed E-state index contributed by atoms with van der Waals surface area (Å²) in [5.41, 5.74) is 0.435. The predicted octanol–water partition coefficient (Wildman–Crippen LogP) is 0.379. The molecule has 0 amide bonds. The van der Waals surface area contributed by atoms with Crippen LogP contribution in [0.15, 0.2) is 9.23 Å². The summed E-state index contributed by atoms with van der Waals surface area (Å²) in [6, 6.07) is 0. The molecule has 0 unspecified atom stereocenters. The Morgan fingerprint density at radius 3 is 2.62 bits per heavy atom. The van der Waals surface area contributed by atoms with Crippen molar-refractivity contribution in [3.63, 3.8) is 0 Å². The summed E-state index contributed by atoms with van der Waals surface area (Å²) in [7, 11) is 0. The summed E-state index contributed by atoms with van der Waals surface area (Å²) in [6.07, 6.45) is 0. The van der Waals surface area contributed by atoms with Gasteiger partial charge in [-0.25, -0.2) is 0 Å². The first-order valence-electron chi connectivity index (χ1n) is 1.93. The van der Waals surface area contributed by atoms with E-state index in [1.807, 2.05) is 0 Å². The van der Waals surface area contributed by atoms with E-state index in [0.717, 1.165) is 0 Å². The van der Waals surface area contributed by atoms with Gasteiger partial charge in [0, 0.05) is 22.9 Å². The Morgan fingerprint density at radius 2 is 2.50 bits per heavy atom. The maximum Gasteiger partial charge on any atom is 0.285 e. The standard InChI is InChI=1S/C3H3BrN2O2/c1-2-3(4)5-8-6(2)7/h1H3. The van der Waals surface area contributed by atoms with Gasteiger partial charge in [0.1, 0.15) is 0 Å². The highest BCUT2D eigenvalue weighted by Crippen LogP contribution is 2.05. The van der Waals surface area contributed by atoms with Crippen molar-refractivity contribution in [3.8, 4) is 0 Å². The number of nitrogens with zero attached hydrogens (tertiary/aromatic N) is 2. The van der Waals surface area contributed by atoms with Gasteiger partial charge in [0.15, 0.2) is 0 Å². The van der Waals surface area contributed by atoms with E-state index >= 15 is 0 Å². The fourth-order valence-electron chi connectivity index (χ4n) is 0.276. The van der Waals surface area contributed by atoms with Crippen LogP contribution in [0.5, 0.6) is 0 Å². The van der Waals surface area contributed by atoms with Gasteiger partial charge in [-0.2, -0.15) is 0 Å². The molecule has 0 saturated heterocycles. The number of halogens is 1. The monoisotopic (exact) mass is 178 g/mol. The van der Waals surface area contributed by atoms with Crippen molar-refractivity contribution in [2.24, 2.45) is 0 Å². The zero-order chi connectivity index (χ0) is 6.15. The van der Waals surface area contributed by atoms with Crippen molar-refractivity contribution in [3.05, 3.63) is 15.5 Å². The van der Waals surface area contributed by atoms with Crippen molar-refractivity contribution >= 4 is 15.9 Å². The number of hydrogen-bond donors (Lipinski definition) is 0. The van der Waals surface area contributed by atoms with Crippen LogP contribution in [0, 0.1) is 12.1 Å². The Morgan fingerprint density at radius 1 is 1.88 bits per heavy atom. The summed E-state index contributed by atoms with van der Waals surface area (Å²) in [4.78, 5) is 0.337. The molecular weight excluding hydrogens is 176 g/mol. The van der Waals surface area contributed by atoms with Crippen LogP contribution in [0.1, 0.15) is 5.69 Å². The Labute approximate surface area is 53.8 Å². The second-order valence-electron chi connectivity index (χ2n) is 1.31. The highest BCUT2D eigenvalue weighted by Gasteiger charge is 2.07. The molecule has 0 aliphatic carbocycles. The molecule has 0 bridgehead atoms. The number of rotatable bonds is 0. The predicted molar refractivity (Wildman–Crippen MR) is 27.9 cm³/mol. The highest BCUT2D eigenvalue weighted by atomic mass is 79.9. The second-order valence-corrected chi connectivity index (χ2v) is 2.06. The van der Waals surface area contributed by atoms with Crippen molar-refractivity contribution in [1.82, 2.24) is 5.16 Å². The van der Waals surface area contributed by atoms with Crippen LogP contribution in [0.4, 0.5) is 0 Å². The van der Waals surface area contributed by atoms with Crippen molar-refractivity contribution in [2.45, 2.75) is 6.92 Å². The maximum atomic E-state index is 10.3. The molecule has 0 radical (unpaired) electrons. The molecular formula is C3H3BrN2O2. The Hall–Kier alpha value is -0.580. The minimum absolute atomic E-state index is 0.337. The summed E-state index contributed by atoms with van der Waals surface area (Å²) >= 11 is 2.99. The first-order chi connectivity index (χ1) is 3.72. The summed E-state index contributed by atoms with van der Waals surface area (Å²) in [6.45, 7) is 1.60. The molecule has 1 aromatic rings. The van der Waals surface area contributed by atoms with E-state index in [9.17, 15) is 5.21 Å². The molecule has 5 heteroatoms. The van der Waals surface area contributed by atoms with Gasteiger partial charge in [0.25, 0.3) is 4.60 Å². The van der Waals surface area contributed by atoms with Gasteiger partial charge >= 0.3 is 0 Å². The van der Waals surface area contributed by atoms with Gasteiger partial charge in [0.05, 0.1) is 5.16 Å². The molecule has 4 nitrogen and oxygen atoms in total. The zero-order valence-corrected chi connectivity index (χ0v) is 5.67. The molecule has 0 N–H and O–H groups in total. The van der Waals surface area contributed by atoms with Gasteiger partial charge in [-0.1, -0.05) is 0 Å². The topological polar surface area (TPSA) is 53.0 Å². The van der Waals surface area contributed by atoms with E-state index in [0.29, 0.717) is 15.2 Å². The molecule has 0 saturated carbocycles. The van der Waals surface area contributed by atoms with Gasteiger partial charge in [0.2, 0.25) is 5.69 Å². The second kappa shape index (κ2) is 1.74. The van der Waals surface area contributed by atoms with E-state index in [1.54, 1.807) is 6.92 Å². The van der Waals surface area contributed by atoms with Crippen LogP contribution in [0.3, 0.4) is 0 Å². The van der Waals surface area contributed by atoms with Gasteiger partial charge in [-0.3, -0.25) is 4.63 Å². The first kappa shape index (κ1) is 5.55. The summed E-state index contributed by atoms with van der Waals surface area (Å²) in [5, 5.41) is 13.6. The molecule has 0 atom stereocenters. The fraction of sp³-hybridized carbons (Fsp3) is 0.333. The van der Waals surface area contributed by atoms with E-state index in [1.165, 1.54) is 0 Å². The average Bonchev–Trinajstić information content (AvgIpc) is 1.98. The summed E-state index contributed by atoms with van der Waals surface area (Å²) in [5.74, 6) is 0. The molecule has 0 aliphatic rings. The molecule has 1 rings (SSSR count). The lowest BCUT2D eigenvalue weighted by Gasteiger charge is -1.81. The summed E-state index contributed by atoms with van der Waals surface area (Å²) < 4.78 is 4.61. The van der Waals surface area contributed by atoms with E-state index < -0.39 is 0 Å². The van der Waals surface area contributed by atoms with Crippen molar-refractivity contribution in [1.29, 1.82) is 0 Å². The lowest BCUT2D eigenvalue weighted by molar-refractivity contribution is -0.807. The molecule has 44 valence electrons. The van der Waals surface area contributed by atoms with Crippen LogP contribution in [0.25, 0.3) is 0 Å². The van der Waals surface area contributed by atoms with Gasteiger partial charge < -0.3 is 5.21 Å². The Kier molecular flexibility index (Phi) is 1.21. The third-order valence-corrected chi connectivity index (χ3v) is 1.49. The molecule has 0 aliphatic heterocycles. The normalized spacial score (nSPS) is 9.75. The number of hydrogen-bond acceptors (Lipinski definition) is 3. The van der Waals surface area contributed by atoms with Crippen LogP contribution < -0.4 is 4.90 Å². The zero-order valence-electron chi connectivity index (χ0n) is 4.09. The van der Waals surface area contributed by atoms with E-state index in [2.05, 4.69) is 25.7 Å². The Balaban J connectivity index is 3.19. The quantitative estimate of drug-likeness (QED) is 0.541. The molecule has 0 aromatic carbocycles. The lowest BCUT2D eigenvalue weighted by Crippen LogP contribution is -2.25. The van der Waals surface area contributed by atoms with Crippen LogP contribution >= 0.6 is 15.9 Å². The SMILES string of the molecule is Cc1c(Br)no[n+]1[O-]. The average molecular weight is 179 g/mol. The third kappa shape index (κ3) is 0.686. The fourth-order valence-corrected chi connectivity index (χ4v) is 0.485. The largest absolute Gasteiger partial charge is 0.359 e. The minimum Gasteiger partial charge on any atom is -0.359 e. The molecule has 0 fully saturated rings. The number of aromatic nitrogens is 2. The van der Waals surface area contributed by atoms with Gasteiger partial charge in [-0.05, 0) is 4.90 Å².